The molecule has 256 valence electrons. The molecule has 0 aliphatic heterocycles. The normalized spacial score (nSPS) is 13.4. The minimum Gasteiger partial charge on any atom is -0.481 e. The molecule has 0 aliphatic rings. The molecule has 0 heterocycles. The topological polar surface area (TPSA) is 231 Å². The molecule has 2 atom stereocenters. The van der Waals surface area contributed by atoms with Crippen LogP contribution in [0.3, 0.4) is 0 Å². The Hall–Kier alpha value is -3.26. The van der Waals surface area contributed by atoms with E-state index in [1.54, 1.807) is 20.8 Å². The summed E-state index contributed by atoms with van der Waals surface area (Å²) in [6.07, 6.45) is 1.49. The van der Waals surface area contributed by atoms with Crippen molar-refractivity contribution in [2.45, 2.75) is 123 Å². The first-order chi connectivity index (χ1) is 20.5. The lowest BCUT2D eigenvalue weighted by Crippen LogP contribution is -2.64. The quantitative estimate of drug-likeness (QED) is 0.0847. The summed E-state index contributed by atoms with van der Waals surface area (Å²) in [6.45, 7) is 10.4. The fourth-order valence-corrected chi connectivity index (χ4v) is 4.82. The van der Waals surface area contributed by atoms with Crippen LogP contribution in [0.1, 0.15) is 112 Å². The summed E-state index contributed by atoms with van der Waals surface area (Å²) >= 11 is 0. The van der Waals surface area contributed by atoms with Gasteiger partial charge in [-0.1, -0.05) is 59.3 Å². The SMILES string of the molecule is CCCCC(C(=O)O)C(O)(C(=O)O)C(CCCC)(CCCC)C(=O)O.CCOC(=O)CC(O)(CC(=O)OCC)C(=O)OCC. The Balaban J connectivity index is 0. The van der Waals surface area contributed by atoms with E-state index in [1.807, 2.05) is 20.8 Å². The van der Waals surface area contributed by atoms with Crippen molar-refractivity contribution in [1.82, 2.24) is 0 Å². The minimum absolute atomic E-state index is 0.0206. The van der Waals surface area contributed by atoms with E-state index in [1.165, 1.54) is 0 Å². The van der Waals surface area contributed by atoms with Crippen molar-refractivity contribution in [3.63, 3.8) is 0 Å². The van der Waals surface area contributed by atoms with Gasteiger partial charge in [-0.25, -0.2) is 9.59 Å². The number of ether oxygens (including phenoxy) is 3. The molecule has 0 spiro atoms. The highest BCUT2D eigenvalue weighted by Crippen LogP contribution is 2.47. The lowest BCUT2D eigenvalue weighted by molar-refractivity contribution is -0.207. The van der Waals surface area contributed by atoms with E-state index in [2.05, 4.69) is 14.2 Å². The van der Waals surface area contributed by atoms with Gasteiger partial charge < -0.3 is 39.7 Å². The molecule has 14 nitrogen and oxygen atoms in total. The number of carbonyl (C=O) groups excluding carboxylic acids is 3. The predicted octanol–water partition coefficient (Wildman–Crippen LogP) is 3.33. The summed E-state index contributed by atoms with van der Waals surface area (Å²) in [5.74, 6) is -8.99. The third-order valence-corrected chi connectivity index (χ3v) is 7.17. The fraction of sp³-hybridized carbons (Fsp3) is 0.800. The molecule has 0 rings (SSSR count). The fourth-order valence-electron chi connectivity index (χ4n) is 4.82. The van der Waals surface area contributed by atoms with E-state index >= 15 is 0 Å². The molecule has 2 unspecified atom stereocenters. The molecule has 0 amide bonds. The molecular weight excluding hydrogens is 584 g/mol. The number of aliphatic hydroxyl groups is 2. The average Bonchev–Trinajstić information content (AvgIpc) is 2.93. The van der Waals surface area contributed by atoms with Gasteiger partial charge in [-0.15, -0.1) is 0 Å². The third-order valence-electron chi connectivity index (χ3n) is 7.17. The van der Waals surface area contributed by atoms with Gasteiger partial charge in [0.1, 0.15) is 5.41 Å². The van der Waals surface area contributed by atoms with Crippen molar-refractivity contribution >= 4 is 35.8 Å². The Labute approximate surface area is 259 Å². The van der Waals surface area contributed by atoms with Gasteiger partial charge in [-0.2, -0.15) is 0 Å². The van der Waals surface area contributed by atoms with Crippen LogP contribution in [0, 0.1) is 11.3 Å². The van der Waals surface area contributed by atoms with E-state index in [9.17, 15) is 54.3 Å². The van der Waals surface area contributed by atoms with Crippen LogP contribution in [0.5, 0.6) is 0 Å². The molecule has 0 radical (unpaired) electrons. The maximum Gasteiger partial charge on any atom is 0.339 e. The van der Waals surface area contributed by atoms with Gasteiger partial charge in [-0.05, 0) is 40.0 Å². The monoisotopic (exact) mass is 636 g/mol. The molecule has 0 fully saturated rings. The standard InChI is InChI=1S/C18H32O7.C12H20O7/c1-4-7-10-13(14(19)20)18(25,16(23)24)17(15(21)22,11-8-5-2)12-9-6-3;1-4-17-9(13)7-12(16,11(15)19-6-3)8-10(14)18-5-2/h13,25H,4-12H2,1-3H3,(H,19,20)(H,21,22)(H,23,24);16H,4-8H2,1-3H3. The van der Waals surface area contributed by atoms with Gasteiger partial charge in [0.05, 0.1) is 38.6 Å². The number of hydrogen-bond donors (Lipinski definition) is 5. The van der Waals surface area contributed by atoms with Gasteiger partial charge in [-0.3, -0.25) is 19.2 Å². The second kappa shape index (κ2) is 21.4. The Morgan fingerprint density at radius 2 is 1.02 bits per heavy atom. The van der Waals surface area contributed by atoms with Gasteiger partial charge in [0.25, 0.3) is 0 Å². The highest BCUT2D eigenvalue weighted by atomic mass is 16.6. The van der Waals surface area contributed by atoms with E-state index in [0.717, 1.165) is 0 Å². The predicted molar refractivity (Wildman–Crippen MR) is 156 cm³/mol. The van der Waals surface area contributed by atoms with E-state index in [-0.39, 0.29) is 39.1 Å². The van der Waals surface area contributed by atoms with E-state index < -0.39 is 71.2 Å². The van der Waals surface area contributed by atoms with Crippen LogP contribution < -0.4 is 0 Å². The van der Waals surface area contributed by atoms with Crippen molar-refractivity contribution in [2.75, 3.05) is 19.8 Å². The number of carbonyl (C=O) groups is 6. The summed E-state index contributed by atoms with van der Waals surface area (Å²) in [5, 5.41) is 50.5. The van der Waals surface area contributed by atoms with Crippen LogP contribution in [-0.4, -0.2) is 92.4 Å². The molecule has 0 aromatic heterocycles. The number of carboxylic acid groups (broad SMARTS) is 3. The van der Waals surface area contributed by atoms with Crippen LogP contribution in [-0.2, 0) is 43.0 Å². The van der Waals surface area contributed by atoms with Crippen LogP contribution in [0.15, 0.2) is 0 Å². The first-order valence-electron chi connectivity index (χ1n) is 15.2. The van der Waals surface area contributed by atoms with Crippen molar-refractivity contribution in [3.8, 4) is 0 Å². The highest BCUT2D eigenvalue weighted by molar-refractivity contribution is 5.93. The van der Waals surface area contributed by atoms with Crippen LogP contribution >= 0.6 is 0 Å². The number of unbranched alkanes of at least 4 members (excludes halogenated alkanes) is 3. The zero-order chi connectivity index (χ0) is 34.6. The molecule has 0 aromatic carbocycles. The minimum atomic E-state index is -2.86. The number of carboxylic acids is 3. The second-order valence-electron chi connectivity index (χ2n) is 10.4. The summed E-state index contributed by atoms with van der Waals surface area (Å²) in [6, 6.07) is 0. The molecule has 44 heavy (non-hydrogen) atoms. The van der Waals surface area contributed by atoms with Gasteiger partial charge >= 0.3 is 35.8 Å². The largest absolute Gasteiger partial charge is 0.481 e. The van der Waals surface area contributed by atoms with Gasteiger partial charge in [0.2, 0.25) is 0 Å². The average molecular weight is 637 g/mol. The van der Waals surface area contributed by atoms with Crippen LogP contribution in [0.4, 0.5) is 0 Å². The molecule has 0 aliphatic carbocycles. The Morgan fingerprint density at radius 1 is 0.614 bits per heavy atom. The summed E-state index contributed by atoms with van der Waals surface area (Å²) < 4.78 is 14.0. The van der Waals surface area contributed by atoms with Crippen molar-refractivity contribution < 1.29 is 68.5 Å². The Morgan fingerprint density at radius 3 is 1.32 bits per heavy atom. The maximum absolute atomic E-state index is 12.2. The maximum atomic E-state index is 12.2. The third kappa shape index (κ3) is 12.4. The van der Waals surface area contributed by atoms with E-state index in [0.29, 0.717) is 38.5 Å². The number of aliphatic carboxylic acids is 3. The zero-order valence-electron chi connectivity index (χ0n) is 26.9. The van der Waals surface area contributed by atoms with Crippen molar-refractivity contribution in [2.24, 2.45) is 11.3 Å². The van der Waals surface area contributed by atoms with Crippen molar-refractivity contribution in [3.05, 3.63) is 0 Å². The molecule has 5 N–H and O–H groups in total. The van der Waals surface area contributed by atoms with Gasteiger partial charge in [0.15, 0.2) is 11.2 Å². The first kappa shape index (κ1) is 42.9. The molecular formula is C30H52O14. The molecule has 0 aromatic rings. The van der Waals surface area contributed by atoms with E-state index in [4.69, 9.17) is 0 Å². The molecule has 0 bridgehead atoms. The van der Waals surface area contributed by atoms with Crippen LogP contribution in [0.25, 0.3) is 0 Å². The Kier molecular flexibility index (Phi) is 20.9. The first-order valence-corrected chi connectivity index (χ1v) is 15.2. The van der Waals surface area contributed by atoms with Crippen molar-refractivity contribution in [1.29, 1.82) is 0 Å². The van der Waals surface area contributed by atoms with Crippen LogP contribution in [0.2, 0.25) is 0 Å². The summed E-state index contributed by atoms with van der Waals surface area (Å²) in [4.78, 5) is 70.3. The molecule has 0 saturated heterocycles. The summed E-state index contributed by atoms with van der Waals surface area (Å²) in [5.41, 5.74) is -7.14. The lowest BCUT2D eigenvalue weighted by Gasteiger charge is -2.44. The molecule has 14 heteroatoms. The zero-order valence-corrected chi connectivity index (χ0v) is 26.9. The smallest absolute Gasteiger partial charge is 0.339 e. The second-order valence-corrected chi connectivity index (χ2v) is 10.4. The number of rotatable bonds is 22. The lowest BCUT2D eigenvalue weighted by atomic mass is 9.59. The number of esters is 3. The summed E-state index contributed by atoms with van der Waals surface area (Å²) in [7, 11) is 0. The Bertz CT molecular complexity index is 903. The van der Waals surface area contributed by atoms with Gasteiger partial charge in [0, 0.05) is 0 Å². The highest BCUT2D eigenvalue weighted by Gasteiger charge is 2.65. The molecule has 0 saturated carbocycles. The number of hydrogen-bond acceptors (Lipinski definition) is 11.